The lowest BCUT2D eigenvalue weighted by molar-refractivity contribution is 0.182. The summed E-state index contributed by atoms with van der Waals surface area (Å²) < 4.78 is 27.3. The molecule has 0 aromatic carbocycles. The summed E-state index contributed by atoms with van der Waals surface area (Å²) in [4.78, 5) is 0. The van der Waals surface area contributed by atoms with Gasteiger partial charge in [0.25, 0.3) is 10.0 Å². The van der Waals surface area contributed by atoms with Gasteiger partial charge in [0.2, 0.25) is 0 Å². The van der Waals surface area contributed by atoms with Crippen LogP contribution in [0.4, 0.5) is 0 Å². The Balaban J connectivity index is 2.64. The molecule has 0 saturated carbocycles. The van der Waals surface area contributed by atoms with Crippen LogP contribution >= 0.6 is 11.6 Å². The van der Waals surface area contributed by atoms with Gasteiger partial charge in [-0.25, -0.2) is 13.1 Å². The molecule has 0 aliphatic heterocycles. The van der Waals surface area contributed by atoms with Crippen molar-refractivity contribution in [1.82, 2.24) is 14.5 Å². The van der Waals surface area contributed by atoms with Crippen LogP contribution in [0.5, 0.6) is 0 Å². The Labute approximate surface area is 106 Å². The minimum Gasteiger partial charge on any atom is -0.393 e. The molecule has 0 amide bonds. The lowest BCUT2D eigenvalue weighted by Gasteiger charge is -2.08. The van der Waals surface area contributed by atoms with E-state index < -0.39 is 16.1 Å². The molecule has 6 nitrogen and oxygen atoms in total. The molecule has 1 aromatic heterocycles. The van der Waals surface area contributed by atoms with Crippen LogP contribution in [0.25, 0.3) is 0 Å². The molecule has 1 atom stereocenters. The minimum atomic E-state index is -3.64. The lowest BCUT2D eigenvalue weighted by Crippen LogP contribution is -2.27. The molecule has 8 heteroatoms. The van der Waals surface area contributed by atoms with Gasteiger partial charge in [0.1, 0.15) is 0 Å². The average molecular weight is 282 g/mol. The molecule has 98 valence electrons. The highest BCUT2D eigenvalue weighted by molar-refractivity contribution is 7.89. The van der Waals surface area contributed by atoms with Gasteiger partial charge in [-0.05, 0) is 19.8 Å². The molecule has 0 aliphatic rings. The van der Waals surface area contributed by atoms with Crippen LogP contribution in [0.1, 0.15) is 19.8 Å². The van der Waals surface area contributed by atoms with Crippen molar-refractivity contribution >= 4 is 21.6 Å². The average Bonchev–Trinajstić information content (AvgIpc) is 2.53. The normalized spacial score (nSPS) is 13.9. The number of nitrogens with zero attached hydrogens (tertiary/aromatic N) is 2. The molecule has 1 unspecified atom stereocenters. The topological polar surface area (TPSA) is 84.2 Å². The summed E-state index contributed by atoms with van der Waals surface area (Å²) in [5, 5.41) is 12.9. The van der Waals surface area contributed by atoms with Crippen molar-refractivity contribution in [3.63, 3.8) is 0 Å². The number of aromatic nitrogens is 2. The van der Waals surface area contributed by atoms with Crippen LogP contribution in [0, 0.1) is 0 Å². The molecule has 0 saturated heterocycles. The molecule has 1 aromatic rings. The highest BCUT2D eigenvalue weighted by atomic mass is 35.5. The Morgan fingerprint density at radius 3 is 2.76 bits per heavy atom. The van der Waals surface area contributed by atoms with Crippen LogP contribution in [-0.4, -0.2) is 36.0 Å². The van der Waals surface area contributed by atoms with Gasteiger partial charge < -0.3 is 5.11 Å². The Kier molecular flexibility index (Phi) is 4.93. The third-order valence-corrected chi connectivity index (χ3v) is 4.15. The zero-order valence-electron chi connectivity index (χ0n) is 9.72. The summed E-state index contributed by atoms with van der Waals surface area (Å²) in [5.41, 5.74) is 0. The first-order chi connectivity index (χ1) is 7.84. The predicted octanol–water partition coefficient (Wildman–Crippen LogP) is 0.513. The number of aliphatic hydroxyl groups is 1. The fourth-order valence-electron chi connectivity index (χ4n) is 1.37. The number of sulfonamides is 1. The second-order valence-electron chi connectivity index (χ2n) is 3.81. The second-order valence-corrected chi connectivity index (χ2v) is 5.90. The van der Waals surface area contributed by atoms with Gasteiger partial charge >= 0.3 is 0 Å². The van der Waals surface area contributed by atoms with Crippen molar-refractivity contribution in [3.8, 4) is 0 Å². The molecule has 0 aliphatic carbocycles. The van der Waals surface area contributed by atoms with E-state index in [2.05, 4.69) is 9.82 Å². The van der Waals surface area contributed by atoms with Crippen molar-refractivity contribution in [3.05, 3.63) is 11.2 Å². The first-order valence-corrected chi connectivity index (χ1v) is 7.06. The van der Waals surface area contributed by atoms with Gasteiger partial charge in [-0.15, -0.1) is 0 Å². The van der Waals surface area contributed by atoms with Crippen LogP contribution in [0.15, 0.2) is 11.2 Å². The van der Waals surface area contributed by atoms with Gasteiger partial charge in [-0.1, -0.05) is 11.6 Å². The Morgan fingerprint density at radius 1 is 1.65 bits per heavy atom. The summed E-state index contributed by atoms with van der Waals surface area (Å²) in [6.45, 7) is 1.92. The number of nitrogens with one attached hydrogen (secondary N) is 1. The van der Waals surface area contributed by atoms with Crippen molar-refractivity contribution in [2.24, 2.45) is 7.05 Å². The fraction of sp³-hybridized carbons (Fsp3) is 0.667. The van der Waals surface area contributed by atoms with Crippen LogP contribution in [0.3, 0.4) is 0 Å². The van der Waals surface area contributed by atoms with Crippen molar-refractivity contribution in [2.75, 3.05) is 6.54 Å². The van der Waals surface area contributed by atoms with E-state index in [9.17, 15) is 8.42 Å². The fourth-order valence-corrected chi connectivity index (χ4v) is 3.10. The maximum Gasteiger partial charge on any atom is 0.259 e. The summed E-state index contributed by atoms with van der Waals surface area (Å²) in [7, 11) is -2.13. The van der Waals surface area contributed by atoms with E-state index in [1.807, 2.05) is 0 Å². The molecule has 0 spiro atoms. The van der Waals surface area contributed by atoms with Crippen molar-refractivity contribution < 1.29 is 13.5 Å². The largest absolute Gasteiger partial charge is 0.393 e. The van der Waals surface area contributed by atoms with Gasteiger partial charge in [0.05, 0.1) is 17.3 Å². The standard InChI is InChI=1S/C9H16ClN3O3S/c1-7(14)4-3-5-12-17(15,16)9-8(10)6-11-13(9)2/h6-7,12,14H,3-5H2,1-2H3. The smallest absolute Gasteiger partial charge is 0.259 e. The molecule has 0 bridgehead atoms. The number of hydrogen-bond donors (Lipinski definition) is 2. The minimum absolute atomic E-state index is 0.0452. The van der Waals surface area contributed by atoms with Gasteiger partial charge in [-0.2, -0.15) is 5.10 Å². The summed E-state index contributed by atoms with van der Waals surface area (Å²) in [6.07, 6.45) is 1.96. The van der Waals surface area contributed by atoms with E-state index in [1.165, 1.54) is 17.9 Å². The zero-order valence-corrected chi connectivity index (χ0v) is 11.3. The molecule has 1 rings (SSSR count). The maximum atomic E-state index is 11.9. The van der Waals surface area contributed by atoms with Crippen molar-refractivity contribution in [1.29, 1.82) is 0 Å². The quantitative estimate of drug-likeness (QED) is 0.744. The van der Waals surface area contributed by atoms with E-state index >= 15 is 0 Å². The third kappa shape index (κ3) is 3.95. The molecule has 0 radical (unpaired) electrons. The summed E-state index contributed by atoms with van der Waals surface area (Å²) in [6, 6.07) is 0. The van der Waals surface area contributed by atoms with Gasteiger partial charge in [0, 0.05) is 13.6 Å². The molecule has 2 N–H and O–H groups in total. The SMILES string of the molecule is CC(O)CCCNS(=O)(=O)c1c(Cl)cnn1C. The third-order valence-electron chi connectivity index (χ3n) is 2.19. The molecular weight excluding hydrogens is 266 g/mol. The highest BCUT2D eigenvalue weighted by Crippen LogP contribution is 2.19. The Morgan fingerprint density at radius 2 is 2.29 bits per heavy atom. The first-order valence-electron chi connectivity index (χ1n) is 5.20. The number of hydrogen-bond acceptors (Lipinski definition) is 4. The monoisotopic (exact) mass is 281 g/mol. The van der Waals surface area contributed by atoms with Crippen LogP contribution in [0.2, 0.25) is 5.02 Å². The highest BCUT2D eigenvalue weighted by Gasteiger charge is 2.21. The van der Waals surface area contributed by atoms with E-state index in [-0.39, 0.29) is 16.6 Å². The zero-order chi connectivity index (χ0) is 13.1. The number of halogens is 1. The molecule has 0 fully saturated rings. The van der Waals surface area contributed by atoms with E-state index in [0.29, 0.717) is 12.8 Å². The summed E-state index contributed by atoms with van der Waals surface area (Å²) in [5.74, 6) is 0. The van der Waals surface area contributed by atoms with Crippen molar-refractivity contribution in [2.45, 2.75) is 30.9 Å². The van der Waals surface area contributed by atoms with E-state index in [1.54, 1.807) is 6.92 Å². The summed E-state index contributed by atoms with van der Waals surface area (Å²) >= 11 is 5.75. The lowest BCUT2D eigenvalue weighted by atomic mass is 10.2. The predicted molar refractivity (Wildman–Crippen MR) is 64.3 cm³/mol. The van der Waals surface area contributed by atoms with E-state index in [4.69, 9.17) is 16.7 Å². The number of aryl methyl sites for hydroxylation is 1. The first kappa shape index (κ1) is 14.4. The Hall–Kier alpha value is -0.630. The maximum absolute atomic E-state index is 11.9. The number of aliphatic hydroxyl groups excluding tert-OH is 1. The van der Waals surface area contributed by atoms with Gasteiger partial charge in [-0.3, -0.25) is 4.68 Å². The Bertz CT molecular complexity index is 450. The molecular formula is C9H16ClN3O3S. The van der Waals surface area contributed by atoms with Gasteiger partial charge in [0.15, 0.2) is 5.03 Å². The van der Waals surface area contributed by atoms with E-state index in [0.717, 1.165) is 0 Å². The number of rotatable bonds is 6. The van der Waals surface area contributed by atoms with Crippen LogP contribution < -0.4 is 4.72 Å². The molecule has 1 heterocycles. The second kappa shape index (κ2) is 5.81. The van der Waals surface area contributed by atoms with Crippen LogP contribution in [-0.2, 0) is 17.1 Å². The molecule has 17 heavy (non-hydrogen) atoms.